The molecule has 1 saturated heterocycles. The van der Waals surface area contributed by atoms with Crippen LogP contribution in [0.5, 0.6) is 0 Å². The van der Waals surface area contributed by atoms with Crippen LogP contribution in [0, 0.1) is 0 Å². The normalized spacial score (nSPS) is 20.9. The smallest absolute Gasteiger partial charge is 0.0378 e. The Kier molecular flexibility index (Phi) is 6.08. The molecule has 0 saturated carbocycles. The summed E-state index contributed by atoms with van der Waals surface area (Å²) < 4.78 is 1.19. The van der Waals surface area contributed by atoms with Gasteiger partial charge in [-0.1, -0.05) is 28.9 Å². The molecule has 2 unspecified atom stereocenters. The summed E-state index contributed by atoms with van der Waals surface area (Å²) in [5.41, 5.74) is 8.71. The van der Waals surface area contributed by atoms with Crippen LogP contribution in [0.2, 0.25) is 0 Å². The molecular formula is C17H28BrN3. The Morgan fingerprint density at radius 3 is 2.81 bits per heavy atom. The van der Waals surface area contributed by atoms with E-state index in [1.54, 1.807) is 0 Å². The first-order chi connectivity index (χ1) is 10.0. The molecule has 0 radical (unpaired) electrons. The Labute approximate surface area is 137 Å². The van der Waals surface area contributed by atoms with Crippen molar-refractivity contribution in [1.82, 2.24) is 4.90 Å². The molecule has 0 spiro atoms. The van der Waals surface area contributed by atoms with Gasteiger partial charge in [0.2, 0.25) is 0 Å². The van der Waals surface area contributed by atoms with E-state index in [0.717, 1.165) is 25.9 Å². The van der Waals surface area contributed by atoms with E-state index < -0.39 is 0 Å². The summed E-state index contributed by atoms with van der Waals surface area (Å²) in [4.78, 5) is 4.85. The lowest BCUT2D eigenvalue weighted by molar-refractivity contribution is 0.258. The molecule has 1 aliphatic heterocycles. The summed E-state index contributed by atoms with van der Waals surface area (Å²) in [5, 5.41) is 0. The lowest BCUT2D eigenvalue weighted by atomic mass is 10.0. The topological polar surface area (TPSA) is 32.5 Å². The molecule has 0 aromatic heterocycles. The highest BCUT2D eigenvalue weighted by atomic mass is 79.9. The van der Waals surface area contributed by atoms with E-state index in [2.05, 4.69) is 64.9 Å². The average Bonchev–Trinajstić information content (AvgIpc) is 2.49. The van der Waals surface area contributed by atoms with Gasteiger partial charge in [0.05, 0.1) is 0 Å². The maximum atomic E-state index is 6.07. The Balaban J connectivity index is 2.08. The van der Waals surface area contributed by atoms with E-state index in [-0.39, 0.29) is 6.04 Å². The SMILES string of the molecule is CCC(N)Cc1ccc(N2CCCC(N(C)C)C2)cc1Br. The van der Waals surface area contributed by atoms with Crippen molar-refractivity contribution >= 4 is 21.6 Å². The van der Waals surface area contributed by atoms with Gasteiger partial charge < -0.3 is 15.5 Å². The Hall–Kier alpha value is -0.580. The fourth-order valence-corrected chi connectivity index (χ4v) is 3.46. The van der Waals surface area contributed by atoms with Crippen molar-refractivity contribution in [3.63, 3.8) is 0 Å². The predicted molar refractivity (Wildman–Crippen MR) is 95.0 cm³/mol. The van der Waals surface area contributed by atoms with Crippen LogP contribution >= 0.6 is 15.9 Å². The van der Waals surface area contributed by atoms with E-state index in [1.807, 2.05) is 0 Å². The summed E-state index contributed by atoms with van der Waals surface area (Å²) in [6.07, 6.45) is 4.53. The van der Waals surface area contributed by atoms with Crippen molar-refractivity contribution in [3.05, 3.63) is 28.2 Å². The molecule has 0 amide bonds. The monoisotopic (exact) mass is 353 g/mol. The van der Waals surface area contributed by atoms with Crippen LogP contribution in [0.1, 0.15) is 31.7 Å². The highest BCUT2D eigenvalue weighted by Crippen LogP contribution is 2.28. The van der Waals surface area contributed by atoms with Gasteiger partial charge in [-0.3, -0.25) is 0 Å². The maximum absolute atomic E-state index is 6.07. The summed E-state index contributed by atoms with van der Waals surface area (Å²) in [6, 6.07) is 7.65. The molecule has 118 valence electrons. The van der Waals surface area contributed by atoms with Gasteiger partial charge in [-0.15, -0.1) is 0 Å². The summed E-state index contributed by atoms with van der Waals surface area (Å²) >= 11 is 3.72. The lowest BCUT2D eigenvalue weighted by Gasteiger charge is -2.37. The fourth-order valence-electron chi connectivity index (χ4n) is 2.94. The second kappa shape index (κ2) is 7.61. The van der Waals surface area contributed by atoms with E-state index >= 15 is 0 Å². The zero-order chi connectivity index (χ0) is 15.4. The molecule has 21 heavy (non-hydrogen) atoms. The summed E-state index contributed by atoms with van der Waals surface area (Å²) in [5.74, 6) is 0. The molecule has 0 aliphatic carbocycles. The second-order valence-corrected chi connectivity index (χ2v) is 7.21. The molecule has 0 bridgehead atoms. The minimum absolute atomic E-state index is 0.250. The van der Waals surface area contributed by atoms with Gasteiger partial charge in [0, 0.05) is 35.3 Å². The first kappa shape index (κ1) is 16.8. The average molecular weight is 354 g/mol. The Morgan fingerprint density at radius 2 is 2.19 bits per heavy atom. The number of nitrogens with two attached hydrogens (primary N) is 1. The van der Waals surface area contributed by atoms with E-state index in [0.29, 0.717) is 6.04 Å². The molecule has 1 aromatic carbocycles. The number of likely N-dealkylation sites (N-methyl/N-ethyl adjacent to an activating group) is 1. The number of hydrogen-bond donors (Lipinski definition) is 1. The van der Waals surface area contributed by atoms with Gasteiger partial charge in [-0.25, -0.2) is 0 Å². The standard InChI is InChI=1S/C17H28BrN3/c1-4-14(19)10-13-7-8-15(11-17(13)18)21-9-5-6-16(12-21)20(2)3/h7-8,11,14,16H,4-6,9-10,12,19H2,1-3H3. The third-order valence-electron chi connectivity index (χ3n) is 4.54. The molecular weight excluding hydrogens is 326 g/mol. The largest absolute Gasteiger partial charge is 0.370 e. The van der Waals surface area contributed by atoms with Crippen LogP contribution < -0.4 is 10.6 Å². The van der Waals surface area contributed by atoms with Crippen molar-refractivity contribution in [2.75, 3.05) is 32.1 Å². The maximum Gasteiger partial charge on any atom is 0.0378 e. The zero-order valence-electron chi connectivity index (χ0n) is 13.5. The van der Waals surface area contributed by atoms with Crippen LogP contribution in [-0.4, -0.2) is 44.2 Å². The van der Waals surface area contributed by atoms with Crippen LogP contribution in [0.4, 0.5) is 5.69 Å². The van der Waals surface area contributed by atoms with Crippen molar-refractivity contribution in [2.45, 2.75) is 44.7 Å². The van der Waals surface area contributed by atoms with Crippen LogP contribution in [0.25, 0.3) is 0 Å². The quantitative estimate of drug-likeness (QED) is 0.881. The van der Waals surface area contributed by atoms with Crippen molar-refractivity contribution < 1.29 is 0 Å². The highest BCUT2D eigenvalue weighted by Gasteiger charge is 2.22. The fraction of sp³-hybridized carbons (Fsp3) is 0.647. The molecule has 3 nitrogen and oxygen atoms in total. The number of benzene rings is 1. The minimum Gasteiger partial charge on any atom is -0.370 e. The molecule has 1 heterocycles. The summed E-state index contributed by atoms with van der Waals surface area (Å²) in [7, 11) is 4.36. The number of anilines is 1. The number of piperidine rings is 1. The van der Waals surface area contributed by atoms with Crippen LogP contribution in [-0.2, 0) is 6.42 Å². The van der Waals surface area contributed by atoms with Crippen LogP contribution in [0.3, 0.4) is 0 Å². The molecule has 4 heteroatoms. The molecule has 1 aliphatic rings. The predicted octanol–water partition coefficient (Wildman–Crippen LogP) is 3.26. The molecule has 1 fully saturated rings. The Bertz CT molecular complexity index is 461. The van der Waals surface area contributed by atoms with E-state index in [4.69, 9.17) is 5.73 Å². The van der Waals surface area contributed by atoms with E-state index in [9.17, 15) is 0 Å². The summed E-state index contributed by atoms with van der Waals surface area (Å²) in [6.45, 7) is 4.42. The van der Waals surface area contributed by atoms with Gasteiger partial charge in [0.25, 0.3) is 0 Å². The van der Waals surface area contributed by atoms with Crippen molar-refractivity contribution in [2.24, 2.45) is 5.73 Å². The Morgan fingerprint density at radius 1 is 1.43 bits per heavy atom. The zero-order valence-corrected chi connectivity index (χ0v) is 15.1. The van der Waals surface area contributed by atoms with Gasteiger partial charge in [-0.05, 0) is 57.5 Å². The molecule has 2 N–H and O–H groups in total. The van der Waals surface area contributed by atoms with Gasteiger partial charge in [-0.2, -0.15) is 0 Å². The third kappa shape index (κ3) is 4.44. The first-order valence-corrected chi connectivity index (χ1v) is 8.76. The first-order valence-electron chi connectivity index (χ1n) is 7.96. The highest BCUT2D eigenvalue weighted by molar-refractivity contribution is 9.10. The van der Waals surface area contributed by atoms with Gasteiger partial charge in [0.15, 0.2) is 0 Å². The van der Waals surface area contributed by atoms with Gasteiger partial charge >= 0.3 is 0 Å². The second-order valence-electron chi connectivity index (χ2n) is 6.35. The number of rotatable bonds is 5. The van der Waals surface area contributed by atoms with Gasteiger partial charge in [0.1, 0.15) is 0 Å². The number of nitrogens with zero attached hydrogens (tertiary/aromatic N) is 2. The lowest BCUT2D eigenvalue weighted by Crippen LogP contribution is -2.45. The van der Waals surface area contributed by atoms with Crippen molar-refractivity contribution in [3.8, 4) is 0 Å². The molecule has 1 aromatic rings. The van der Waals surface area contributed by atoms with Crippen molar-refractivity contribution in [1.29, 1.82) is 0 Å². The van der Waals surface area contributed by atoms with Crippen LogP contribution in [0.15, 0.2) is 22.7 Å². The number of hydrogen-bond acceptors (Lipinski definition) is 3. The molecule has 2 rings (SSSR count). The minimum atomic E-state index is 0.250. The van der Waals surface area contributed by atoms with E-state index in [1.165, 1.54) is 28.6 Å². The number of halogens is 1. The molecule has 2 atom stereocenters. The third-order valence-corrected chi connectivity index (χ3v) is 5.27.